The van der Waals surface area contributed by atoms with Crippen molar-refractivity contribution in [3.8, 4) is 0 Å². The number of carbonyl (C=O) groups excluding carboxylic acids is 1. The van der Waals surface area contributed by atoms with E-state index in [-0.39, 0.29) is 11.6 Å². The van der Waals surface area contributed by atoms with E-state index in [4.69, 9.17) is 0 Å². The number of aryl methyl sites for hydroxylation is 1. The first kappa shape index (κ1) is 23.0. The lowest BCUT2D eigenvalue weighted by Gasteiger charge is -2.38. The summed E-state index contributed by atoms with van der Waals surface area (Å²) in [5.41, 5.74) is 3.16. The van der Waals surface area contributed by atoms with E-state index < -0.39 is 27.6 Å². The molecule has 1 aliphatic heterocycles. The second-order valence-electron chi connectivity index (χ2n) is 8.15. The topological polar surface area (TPSA) is 66.5 Å². The molecular weight excluding hydrogens is 415 g/mol. The summed E-state index contributed by atoms with van der Waals surface area (Å²) in [7, 11) is -3.29. The lowest BCUT2D eigenvalue weighted by molar-refractivity contribution is 0.0943. The molecule has 3 rings (SSSR count). The second-order valence-corrected chi connectivity index (χ2v) is 10.1. The smallest absolute Gasteiger partial charge is 0.254 e. The van der Waals surface area contributed by atoms with Gasteiger partial charge in [0, 0.05) is 29.9 Å². The zero-order valence-electron chi connectivity index (χ0n) is 18.1. The summed E-state index contributed by atoms with van der Waals surface area (Å²) in [6.07, 6.45) is 5.59. The maximum Gasteiger partial charge on any atom is 0.254 e. The molecule has 0 saturated carbocycles. The van der Waals surface area contributed by atoms with E-state index in [9.17, 15) is 17.6 Å². The molecule has 1 aliphatic rings. The molecule has 5 nitrogen and oxygen atoms in total. The lowest BCUT2D eigenvalue weighted by atomic mass is 9.91. The van der Waals surface area contributed by atoms with Gasteiger partial charge < -0.3 is 10.2 Å². The highest BCUT2D eigenvalue weighted by molar-refractivity contribution is 7.93. The van der Waals surface area contributed by atoms with E-state index in [1.54, 1.807) is 13.0 Å². The molecule has 166 valence electrons. The fourth-order valence-corrected chi connectivity index (χ4v) is 4.51. The molecule has 1 N–H and O–H groups in total. The predicted molar refractivity (Wildman–Crippen MR) is 122 cm³/mol. The number of halogens is 1. The Hall–Kier alpha value is -2.67. The van der Waals surface area contributed by atoms with Crippen molar-refractivity contribution in [1.82, 2.24) is 5.32 Å². The third-order valence-corrected chi connectivity index (χ3v) is 6.20. The molecule has 0 aliphatic carbocycles. The highest BCUT2D eigenvalue weighted by Crippen LogP contribution is 2.36. The number of carbonyl (C=O) groups is 1. The van der Waals surface area contributed by atoms with Crippen molar-refractivity contribution in [2.75, 3.05) is 17.7 Å². The number of piperidine rings is 1. The van der Waals surface area contributed by atoms with Crippen LogP contribution in [0.3, 0.4) is 0 Å². The molecule has 2 aromatic carbocycles. The van der Waals surface area contributed by atoms with Gasteiger partial charge in [0.25, 0.3) is 5.91 Å². The van der Waals surface area contributed by atoms with Crippen molar-refractivity contribution in [2.45, 2.75) is 45.2 Å². The van der Waals surface area contributed by atoms with Crippen molar-refractivity contribution in [2.24, 2.45) is 0 Å². The number of hydrogen-bond acceptors (Lipinski definition) is 4. The van der Waals surface area contributed by atoms with E-state index in [0.29, 0.717) is 0 Å². The molecule has 0 radical (unpaired) electrons. The Bertz CT molecular complexity index is 1080. The molecule has 1 saturated heterocycles. The largest absolute Gasteiger partial charge is 0.364 e. The standard InChI is InChI=1S/C24H29FN2O3S/c1-17-8-4-5-9-20(17)23-10-6-7-14-27(23)19-11-12-21(22(25)16-19)24(28)26-18(2)13-15-31(3,29)30/h4-5,8-9,11-13,15-16,18,23H,6-7,10,14H2,1-3H3,(H,26,28)/b15-13+/t18-,23?/m1/s1. The Morgan fingerprint density at radius 3 is 2.65 bits per heavy atom. The van der Waals surface area contributed by atoms with Crippen LogP contribution in [0.4, 0.5) is 10.1 Å². The molecule has 0 spiro atoms. The summed E-state index contributed by atoms with van der Waals surface area (Å²) in [6.45, 7) is 4.55. The van der Waals surface area contributed by atoms with Crippen LogP contribution in [0.2, 0.25) is 0 Å². The summed E-state index contributed by atoms with van der Waals surface area (Å²) >= 11 is 0. The quantitative estimate of drug-likeness (QED) is 0.710. The SMILES string of the molecule is Cc1ccccc1C1CCCCN1c1ccc(C(=O)N[C@H](C)/C=C/S(C)(=O)=O)c(F)c1. The Morgan fingerprint density at radius 1 is 1.23 bits per heavy atom. The van der Waals surface area contributed by atoms with Gasteiger partial charge in [-0.15, -0.1) is 0 Å². The van der Waals surface area contributed by atoms with Crippen LogP contribution in [-0.2, 0) is 9.84 Å². The van der Waals surface area contributed by atoms with Gasteiger partial charge >= 0.3 is 0 Å². The first-order chi connectivity index (χ1) is 14.7. The van der Waals surface area contributed by atoms with Gasteiger partial charge in [-0.2, -0.15) is 0 Å². The number of anilines is 1. The fourth-order valence-electron chi connectivity index (χ4n) is 3.98. The van der Waals surface area contributed by atoms with E-state index in [2.05, 4.69) is 29.3 Å². The average Bonchev–Trinajstić information content (AvgIpc) is 2.72. The van der Waals surface area contributed by atoms with Gasteiger partial charge in [-0.1, -0.05) is 30.3 Å². The maximum absolute atomic E-state index is 14.9. The van der Waals surface area contributed by atoms with E-state index >= 15 is 0 Å². The molecule has 1 fully saturated rings. The van der Waals surface area contributed by atoms with Crippen molar-refractivity contribution in [1.29, 1.82) is 0 Å². The van der Waals surface area contributed by atoms with Gasteiger partial charge in [0.1, 0.15) is 5.82 Å². The third-order valence-electron chi connectivity index (χ3n) is 5.55. The number of sulfone groups is 1. The molecule has 7 heteroatoms. The van der Waals surface area contributed by atoms with Gasteiger partial charge in [-0.25, -0.2) is 12.8 Å². The molecule has 1 unspecified atom stereocenters. The summed E-state index contributed by atoms with van der Waals surface area (Å²) in [5, 5.41) is 3.63. The zero-order chi connectivity index (χ0) is 22.6. The summed E-state index contributed by atoms with van der Waals surface area (Å²) in [5.74, 6) is -1.17. The summed E-state index contributed by atoms with van der Waals surface area (Å²) < 4.78 is 37.3. The number of benzene rings is 2. The summed E-state index contributed by atoms with van der Waals surface area (Å²) in [6, 6.07) is 12.6. The van der Waals surface area contributed by atoms with Gasteiger partial charge in [0.05, 0.1) is 11.6 Å². The lowest BCUT2D eigenvalue weighted by Crippen LogP contribution is -2.34. The first-order valence-electron chi connectivity index (χ1n) is 10.5. The Morgan fingerprint density at radius 2 is 1.97 bits per heavy atom. The minimum Gasteiger partial charge on any atom is -0.364 e. The first-order valence-corrected chi connectivity index (χ1v) is 12.4. The van der Waals surface area contributed by atoms with Crippen LogP contribution in [0.15, 0.2) is 53.9 Å². The van der Waals surface area contributed by atoms with Crippen LogP contribution in [-0.4, -0.2) is 33.2 Å². The van der Waals surface area contributed by atoms with E-state index in [1.807, 2.05) is 12.1 Å². The highest BCUT2D eigenvalue weighted by atomic mass is 32.2. The van der Waals surface area contributed by atoms with Crippen LogP contribution in [0, 0.1) is 12.7 Å². The fraction of sp³-hybridized carbons (Fsp3) is 0.375. The van der Waals surface area contributed by atoms with Crippen molar-refractivity contribution >= 4 is 21.4 Å². The minimum atomic E-state index is -3.29. The number of nitrogens with one attached hydrogen (secondary N) is 1. The number of rotatable bonds is 6. The zero-order valence-corrected chi connectivity index (χ0v) is 19.0. The minimum absolute atomic E-state index is 0.0622. The van der Waals surface area contributed by atoms with E-state index in [0.717, 1.165) is 43.2 Å². The van der Waals surface area contributed by atoms with Crippen molar-refractivity contribution in [3.05, 3.63) is 76.5 Å². The monoisotopic (exact) mass is 444 g/mol. The van der Waals surface area contributed by atoms with Gasteiger partial charge in [-0.3, -0.25) is 4.79 Å². The van der Waals surface area contributed by atoms with Crippen LogP contribution >= 0.6 is 0 Å². The Labute approximate surface area is 183 Å². The van der Waals surface area contributed by atoms with Crippen LogP contribution in [0.25, 0.3) is 0 Å². The van der Waals surface area contributed by atoms with Crippen LogP contribution in [0.5, 0.6) is 0 Å². The highest BCUT2D eigenvalue weighted by Gasteiger charge is 2.26. The van der Waals surface area contributed by atoms with Gasteiger partial charge in [0.15, 0.2) is 9.84 Å². The molecule has 1 amide bonds. The third kappa shape index (κ3) is 5.94. The molecule has 1 heterocycles. The summed E-state index contributed by atoms with van der Waals surface area (Å²) in [4.78, 5) is 14.7. The maximum atomic E-state index is 14.9. The molecule has 0 bridgehead atoms. The number of hydrogen-bond donors (Lipinski definition) is 1. The van der Waals surface area contributed by atoms with Gasteiger partial charge in [-0.05, 0) is 62.4 Å². The van der Waals surface area contributed by atoms with Crippen LogP contribution in [0.1, 0.15) is 53.7 Å². The average molecular weight is 445 g/mol. The number of amides is 1. The molecule has 2 atom stereocenters. The molecule has 31 heavy (non-hydrogen) atoms. The Kier molecular flexibility index (Phi) is 7.15. The number of nitrogens with zero attached hydrogens (tertiary/aromatic N) is 1. The molecule has 2 aromatic rings. The normalized spacial score (nSPS) is 18.2. The predicted octanol–water partition coefficient (Wildman–Crippen LogP) is 4.54. The molecular formula is C24H29FN2O3S. The van der Waals surface area contributed by atoms with Crippen molar-refractivity contribution in [3.63, 3.8) is 0 Å². The Balaban J connectivity index is 1.80. The van der Waals surface area contributed by atoms with E-state index in [1.165, 1.54) is 29.3 Å². The second kappa shape index (κ2) is 9.64. The van der Waals surface area contributed by atoms with Gasteiger partial charge in [0.2, 0.25) is 0 Å². The van der Waals surface area contributed by atoms with Crippen molar-refractivity contribution < 1.29 is 17.6 Å². The van der Waals surface area contributed by atoms with Crippen LogP contribution < -0.4 is 10.2 Å². The molecule has 0 aromatic heterocycles.